The van der Waals surface area contributed by atoms with E-state index < -0.39 is 6.10 Å². The quantitative estimate of drug-likeness (QED) is 0.649. The van der Waals surface area contributed by atoms with Crippen LogP contribution in [0.1, 0.15) is 0 Å². The molecule has 1 rings (SSSR count). The highest BCUT2D eigenvalue weighted by Crippen LogP contribution is 2.33. The number of nitrogens with one attached hydrogen (secondary N) is 1. The lowest BCUT2D eigenvalue weighted by atomic mass is 10.3. The van der Waals surface area contributed by atoms with Crippen LogP contribution >= 0.6 is 50.7 Å². The van der Waals surface area contributed by atoms with Crippen LogP contribution in [0.15, 0.2) is 16.6 Å². The van der Waals surface area contributed by atoms with Gasteiger partial charge in [0.2, 0.25) is 0 Å². The van der Waals surface area contributed by atoms with Crippen molar-refractivity contribution >= 4 is 56.4 Å². The molecule has 2 N–H and O–H groups in total. The normalized spacial score (nSPS) is 12.6. The van der Waals surface area contributed by atoms with Crippen molar-refractivity contribution in [3.8, 4) is 0 Å². The fourth-order valence-electron chi connectivity index (χ4n) is 0.967. The fourth-order valence-corrected chi connectivity index (χ4v) is 2.06. The monoisotopic (exact) mass is 331 g/mol. The van der Waals surface area contributed by atoms with E-state index in [0.717, 1.165) is 0 Å². The molecule has 0 saturated heterocycles. The summed E-state index contributed by atoms with van der Waals surface area (Å²) in [6.07, 6.45) is -0.611. The first kappa shape index (κ1) is 13.4. The van der Waals surface area contributed by atoms with Gasteiger partial charge in [-0.05, 0) is 28.1 Å². The summed E-state index contributed by atoms with van der Waals surface area (Å²) < 4.78 is 0.708. The van der Waals surface area contributed by atoms with Gasteiger partial charge in [-0.1, -0.05) is 23.2 Å². The van der Waals surface area contributed by atoms with Gasteiger partial charge in [0.05, 0.1) is 22.7 Å². The van der Waals surface area contributed by atoms with Crippen LogP contribution in [-0.2, 0) is 0 Å². The minimum Gasteiger partial charge on any atom is -0.390 e. The lowest BCUT2D eigenvalue weighted by Gasteiger charge is -2.12. The Balaban J connectivity index is 2.76. The molecule has 0 bridgehead atoms. The van der Waals surface area contributed by atoms with Gasteiger partial charge in [-0.2, -0.15) is 0 Å². The molecule has 1 atom stereocenters. The summed E-state index contributed by atoms with van der Waals surface area (Å²) in [4.78, 5) is 0. The van der Waals surface area contributed by atoms with Crippen LogP contribution in [-0.4, -0.2) is 23.6 Å². The zero-order chi connectivity index (χ0) is 11.4. The molecule has 6 heteroatoms. The van der Waals surface area contributed by atoms with Crippen molar-refractivity contribution in [2.45, 2.75) is 6.10 Å². The zero-order valence-electron chi connectivity index (χ0n) is 7.61. The Labute approximate surface area is 112 Å². The van der Waals surface area contributed by atoms with Crippen molar-refractivity contribution < 1.29 is 5.11 Å². The molecule has 0 spiro atoms. The van der Waals surface area contributed by atoms with Gasteiger partial charge in [0, 0.05) is 16.0 Å². The first-order valence-corrected chi connectivity index (χ1v) is 6.25. The van der Waals surface area contributed by atoms with E-state index in [1.165, 1.54) is 0 Å². The molecule has 0 heterocycles. The molecule has 1 aromatic carbocycles. The summed E-state index contributed by atoms with van der Waals surface area (Å²) in [6.45, 7) is 0.329. The standard InChI is InChI=1S/C9H9BrCl3NO/c10-7-1-5(12)2-8(9(7)13)14-4-6(15)3-11/h1-2,6,14-15H,3-4H2. The molecule has 1 aromatic rings. The third kappa shape index (κ3) is 4.00. The van der Waals surface area contributed by atoms with Crippen LogP contribution in [0.3, 0.4) is 0 Å². The SMILES string of the molecule is OC(CCl)CNc1cc(Cl)cc(Br)c1Cl. The van der Waals surface area contributed by atoms with Crippen LogP contribution in [0, 0.1) is 0 Å². The van der Waals surface area contributed by atoms with Crippen LogP contribution in [0.4, 0.5) is 5.69 Å². The lowest BCUT2D eigenvalue weighted by Crippen LogP contribution is -2.20. The topological polar surface area (TPSA) is 32.3 Å². The van der Waals surface area contributed by atoms with Crippen LogP contribution < -0.4 is 5.32 Å². The largest absolute Gasteiger partial charge is 0.390 e. The van der Waals surface area contributed by atoms with Crippen molar-refractivity contribution in [3.63, 3.8) is 0 Å². The van der Waals surface area contributed by atoms with Gasteiger partial charge in [0.25, 0.3) is 0 Å². The Morgan fingerprint density at radius 3 is 2.67 bits per heavy atom. The summed E-state index contributed by atoms with van der Waals surface area (Å²) in [7, 11) is 0. The van der Waals surface area contributed by atoms with Crippen molar-refractivity contribution in [1.29, 1.82) is 0 Å². The molecule has 0 radical (unpaired) electrons. The van der Waals surface area contributed by atoms with Gasteiger partial charge in [-0.15, -0.1) is 11.6 Å². The predicted octanol–water partition coefficient (Wildman–Crippen LogP) is 3.77. The molecular weight excluding hydrogens is 324 g/mol. The number of aliphatic hydroxyl groups excluding tert-OH is 1. The summed E-state index contributed by atoms with van der Waals surface area (Å²) in [5.74, 6) is 0.173. The average Bonchev–Trinajstić information content (AvgIpc) is 2.20. The second-order valence-electron chi connectivity index (χ2n) is 2.94. The highest BCUT2D eigenvalue weighted by Gasteiger charge is 2.08. The third-order valence-corrected chi connectivity index (χ3v) is 3.53. The lowest BCUT2D eigenvalue weighted by molar-refractivity contribution is 0.211. The van der Waals surface area contributed by atoms with Crippen LogP contribution in [0.5, 0.6) is 0 Å². The molecule has 84 valence electrons. The van der Waals surface area contributed by atoms with Gasteiger partial charge in [-0.3, -0.25) is 0 Å². The molecule has 0 fully saturated rings. The molecule has 0 aliphatic rings. The van der Waals surface area contributed by atoms with E-state index in [2.05, 4.69) is 21.2 Å². The summed E-state index contributed by atoms with van der Waals surface area (Å²) in [6, 6.07) is 3.39. The summed E-state index contributed by atoms with van der Waals surface area (Å²) >= 11 is 20.6. The van der Waals surface area contributed by atoms with Crippen molar-refractivity contribution in [1.82, 2.24) is 0 Å². The smallest absolute Gasteiger partial charge is 0.0847 e. The van der Waals surface area contributed by atoms with E-state index in [1.807, 2.05) is 0 Å². The first-order chi connectivity index (χ1) is 7.04. The summed E-state index contributed by atoms with van der Waals surface area (Å²) in [5, 5.41) is 13.3. The van der Waals surface area contributed by atoms with Crippen molar-refractivity contribution in [2.24, 2.45) is 0 Å². The van der Waals surface area contributed by atoms with Gasteiger partial charge in [-0.25, -0.2) is 0 Å². The number of halogens is 4. The van der Waals surface area contributed by atoms with Crippen molar-refractivity contribution in [2.75, 3.05) is 17.7 Å². The fraction of sp³-hybridized carbons (Fsp3) is 0.333. The van der Waals surface area contributed by atoms with E-state index in [4.69, 9.17) is 34.8 Å². The van der Waals surface area contributed by atoms with E-state index in [9.17, 15) is 5.11 Å². The molecule has 0 aromatic heterocycles. The number of aliphatic hydroxyl groups is 1. The molecule has 0 aliphatic heterocycles. The number of hydrogen-bond donors (Lipinski definition) is 2. The number of benzene rings is 1. The highest BCUT2D eigenvalue weighted by molar-refractivity contribution is 9.10. The molecule has 15 heavy (non-hydrogen) atoms. The van der Waals surface area contributed by atoms with E-state index in [1.54, 1.807) is 12.1 Å². The number of rotatable bonds is 4. The number of hydrogen-bond acceptors (Lipinski definition) is 2. The van der Waals surface area contributed by atoms with Crippen LogP contribution in [0.2, 0.25) is 10.0 Å². The number of alkyl halides is 1. The second kappa shape index (κ2) is 6.16. The van der Waals surface area contributed by atoms with Crippen molar-refractivity contribution in [3.05, 3.63) is 26.7 Å². The van der Waals surface area contributed by atoms with Gasteiger partial charge >= 0.3 is 0 Å². The zero-order valence-corrected chi connectivity index (χ0v) is 11.5. The Kier molecular flexibility index (Phi) is 5.50. The third-order valence-electron chi connectivity index (χ3n) is 1.70. The van der Waals surface area contributed by atoms with Gasteiger partial charge < -0.3 is 10.4 Å². The maximum atomic E-state index is 9.27. The van der Waals surface area contributed by atoms with Crippen LogP contribution in [0.25, 0.3) is 0 Å². The van der Waals surface area contributed by atoms with Gasteiger partial charge in [0.15, 0.2) is 0 Å². The van der Waals surface area contributed by atoms with E-state index in [-0.39, 0.29) is 5.88 Å². The Morgan fingerprint density at radius 2 is 2.07 bits per heavy atom. The predicted molar refractivity (Wildman–Crippen MR) is 69.4 cm³/mol. The Hall–Kier alpha value is 0.330. The average molecular weight is 333 g/mol. The molecule has 0 saturated carbocycles. The maximum absolute atomic E-state index is 9.27. The van der Waals surface area contributed by atoms with E-state index >= 15 is 0 Å². The second-order valence-corrected chi connectivity index (χ2v) is 4.92. The first-order valence-electron chi connectivity index (χ1n) is 4.17. The molecular formula is C9H9BrCl3NO. The molecule has 0 aliphatic carbocycles. The van der Waals surface area contributed by atoms with E-state index in [0.29, 0.717) is 26.8 Å². The Morgan fingerprint density at radius 1 is 1.40 bits per heavy atom. The summed E-state index contributed by atoms with van der Waals surface area (Å²) in [5.41, 5.74) is 0.667. The minimum atomic E-state index is -0.611. The molecule has 2 nitrogen and oxygen atoms in total. The Bertz CT molecular complexity index is 348. The maximum Gasteiger partial charge on any atom is 0.0847 e. The molecule has 1 unspecified atom stereocenters. The molecule has 0 amide bonds. The highest BCUT2D eigenvalue weighted by atomic mass is 79.9. The minimum absolute atomic E-state index is 0.173. The number of anilines is 1. The van der Waals surface area contributed by atoms with Gasteiger partial charge in [0.1, 0.15) is 0 Å².